The van der Waals surface area contributed by atoms with Crippen LogP contribution in [0.2, 0.25) is 0 Å². The molecule has 0 aliphatic rings. The summed E-state index contributed by atoms with van der Waals surface area (Å²) in [7, 11) is -9.81. The van der Waals surface area contributed by atoms with E-state index in [0.29, 0.717) is 17.9 Å². The molecule has 1 unspecified atom stereocenters. The molecule has 8 nitrogen and oxygen atoms in total. The third-order valence-electron chi connectivity index (χ3n) is 4.43. The molecule has 3 N–H and O–H groups in total. The summed E-state index contributed by atoms with van der Waals surface area (Å²) in [6, 6.07) is 18.1. The molecule has 0 fully saturated rings. The first-order chi connectivity index (χ1) is 14.1. The van der Waals surface area contributed by atoms with Crippen molar-refractivity contribution in [3.8, 4) is 22.8 Å². The summed E-state index contributed by atoms with van der Waals surface area (Å²) in [5.41, 5.74) is 1.72. The van der Waals surface area contributed by atoms with Gasteiger partial charge in [-0.2, -0.15) is 8.42 Å². The summed E-state index contributed by atoms with van der Waals surface area (Å²) in [5, 5.41) is 0. The van der Waals surface area contributed by atoms with Crippen molar-refractivity contribution >= 4 is 17.7 Å². The number of hydrogen-bond donors (Lipinski definition) is 3. The molecule has 2 aromatic carbocycles. The Labute approximate surface area is 325 Å². The Morgan fingerprint density at radius 3 is 2.18 bits per heavy atom. The normalized spacial score (nSPS) is 12.0. The third-order valence-corrected chi connectivity index (χ3v) is 7.98. The van der Waals surface area contributed by atoms with Crippen LogP contribution in [0.5, 0.6) is 11.5 Å². The van der Waals surface area contributed by atoms with Crippen LogP contribution in [0.25, 0.3) is 11.3 Å². The van der Waals surface area contributed by atoms with Crippen LogP contribution in [0.1, 0.15) is 22.7 Å². The Morgan fingerprint density at radius 1 is 0.970 bits per heavy atom. The van der Waals surface area contributed by atoms with E-state index in [-0.39, 0.29) is 171 Å². The molecule has 1 aromatic heterocycles. The van der Waals surface area contributed by atoms with E-state index in [2.05, 4.69) is 0 Å². The van der Waals surface area contributed by atoms with E-state index in [9.17, 15) is 13.0 Å². The fraction of sp³-hybridized carbons (Fsp3) is 0.200. The van der Waals surface area contributed by atoms with Crippen LogP contribution in [0, 0.1) is 0 Å². The van der Waals surface area contributed by atoms with Crippen LogP contribution >= 0.6 is 7.60 Å². The van der Waals surface area contributed by atoms with Crippen molar-refractivity contribution in [2.45, 2.75) is 24.3 Å². The van der Waals surface area contributed by atoms with Crippen LogP contribution in [-0.4, -0.2) is 27.7 Å². The van der Waals surface area contributed by atoms with Gasteiger partial charge in [0.05, 0.1) is 6.26 Å². The molecule has 0 bridgehead atoms. The first-order valence-corrected chi connectivity index (χ1v) is 12.2. The Balaban J connectivity index is -0.000000853. The van der Waals surface area contributed by atoms with Gasteiger partial charge in [-0.3, -0.25) is 9.12 Å². The van der Waals surface area contributed by atoms with Gasteiger partial charge in [0.2, 0.25) is 0 Å². The Hall–Kier alpha value is 2.49. The zero-order valence-electron chi connectivity index (χ0n) is 21.8. The Bertz CT molecular complexity index is 1150. The summed E-state index contributed by atoms with van der Waals surface area (Å²) >= 11 is 0. The van der Waals surface area contributed by atoms with E-state index in [1.165, 1.54) is 0 Å². The molecule has 3 aromatic rings. The molecule has 33 heavy (non-hydrogen) atoms. The first kappa shape index (κ1) is 35.5. The van der Waals surface area contributed by atoms with Gasteiger partial charge in [-0.1, -0.05) is 12.1 Å². The molecule has 0 amide bonds. The van der Waals surface area contributed by atoms with Crippen LogP contribution in [-0.2, 0) is 21.1 Å². The quantitative estimate of drug-likeness (QED) is 0.134. The average molecular weight is 573 g/mol. The molecule has 0 radical (unpaired) electrons. The fourth-order valence-electron chi connectivity index (χ4n) is 3.00. The van der Waals surface area contributed by atoms with E-state index in [0.717, 1.165) is 16.9 Å². The van der Waals surface area contributed by atoms with Crippen molar-refractivity contribution in [1.82, 2.24) is 0 Å². The van der Waals surface area contributed by atoms with Gasteiger partial charge >= 0.3 is 162 Å². The van der Waals surface area contributed by atoms with Crippen molar-refractivity contribution in [3.05, 3.63) is 72.5 Å². The molecule has 166 valence electrons. The first-order valence-electron chi connectivity index (χ1n) is 9.05. The van der Waals surface area contributed by atoms with Gasteiger partial charge in [-0.05, 0) is 73.4 Å². The molecule has 0 aliphatic heterocycles. The van der Waals surface area contributed by atoms with Crippen LogP contribution in [0.3, 0.4) is 0 Å². The molecule has 0 spiro atoms. The van der Waals surface area contributed by atoms with Crippen LogP contribution in [0.4, 0.5) is 0 Å². The summed E-state index contributed by atoms with van der Waals surface area (Å²) in [4.78, 5) is 16.2. The SMILES string of the molecule is O=P(O)(O)C(CCCc1cccc(Oc2ccc(-c3ccco3)cc2)c1)S(=O)(=O)O.[H-].[H-].[H-].[K+].[K+].[K+]. The molecule has 1 atom stereocenters. The number of aryl methyl sites for hydroxylation is 1. The summed E-state index contributed by atoms with van der Waals surface area (Å²) in [5.74, 6) is 1.94. The minimum absolute atomic E-state index is 0. The van der Waals surface area contributed by atoms with Gasteiger partial charge in [0.15, 0.2) is 4.99 Å². The van der Waals surface area contributed by atoms with Gasteiger partial charge in [-0.25, -0.2) is 0 Å². The van der Waals surface area contributed by atoms with Crippen LogP contribution < -0.4 is 159 Å². The van der Waals surface area contributed by atoms with Gasteiger partial charge in [0.1, 0.15) is 17.3 Å². The fourth-order valence-corrected chi connectivity index (χ4v) is 5.37. The zero-order chi connectivity index (χ0) is 21.8. The smallest absolute Gasteiger partial charge is 1.00 e. The molecule has 1 heterocycles. The van der Waals surface area contributed by atoms with Crippen molar-refractivity contribution in [2.75, 3.05) is 0 Å². The van der Waals surface area contributed by atoms with E-state index in [1.807, 2.05) is 24.3 Å². The maximum Gasteiger partial charge on any atom is 1.00 e. The van der Waals surface area contributed by atoms with Crippen molar-refractivity contribution in [3.63, 3.8) is 0 Å². The maximum absolute atomic E-state index is 11.3. The topological polar surface area (TPSA) is 134 Å². The predicted molar refractivity (Wildman–Crippen MR) is 114 cm³/mol. The van der Waals surface area contributed by atoms with Gasteiger partial charge in [-0.15, -0.1) is 0 Å². The van der Waals surface area contributed by atoms with Crippen molar-refractivity contribution in [2.24, 2.45) is 0 Å². The van der Waals surface area contributed by atoms with Gasteiger partial charge < -0.3 is 23.2 Å². The number of ether oxygens (including phenoxy) is 1. The molecule has 0 aliphatic carbocycles. The van der Waals surface area contributed by atoms with Crippen molar-refractivity contribution in [1.29, 1.82) is 0 Å². The molecular formula is C20H24K3O8PS. The monoisotopic (exact) mass is 572 g/mol. The van der Waals surface area contributed by atoms with Crippen molar-refractivity contribution < 1.29 is 195 Å². The Morgan fingerprint density at radius 2 is 1.64 bits per heavy atom. The molecule has 3 rings (SSSR count). The number of hydrogen-bond acceptors (Lipinski definition) is 5. The number of benzene rings is 2. The second-order valence-electron chi connectivity index (χ2n) is 6.70. The average Bonchev–Trinajstić information content (AvgIpc) is 3.19. The molecule has 0 saturated heterocycles. The molecule has 0 saturated carbocycles. The molecule has 13 heteroatoms. The summed E-state index contributed by atoms with van der Waals surface area (Å²) < 4.78 is 54.0. The van der Waals surface area contributed by atoms with E-state index in [4.69, 9.17) is 23.5 Å². The van der Waals surface area contributed by atoms with E-state index >= 15 is 0 Å². The standard InChI is InChI=1S/C20H21O8PS.3K.3H/c21-29(22,23)20(30(24,25)26)8-2-5-15-4-1-6-18(14-15)28-17-11-9-16(10-12-17)19-7-3-13-27-19;;;;;;/h1,3-4,6-7,9-14,20H,2,5,8H2,(H2,21,22,23)(H,24,25,26);;;;;;/q;3*+1;3*-1. The Kier molecular flexibility index (Phi) is 17.7. The number of rotatable bonds is 9. The minimum Gasteiger partial charge on any atom is -1.00 e. The minimum atomic E-state index is -4.97. The predicted octanol–water partition coefficient (Wildman–Crippen LogP) is -4.20. The second-order valence-corrected chi connectivity index (χ2v) is 10.5. The zero-order valence-corrected chi connectivity index (χ0v) is 29.9. The summed E-state index contributed by atoms with van der Waals surface area (Å²) in [6.45, 7) is 0. The maximum atomic E-state index is 11.3. The summed E-state index contributed by atoms with van der Waals surface area (Å²) in [6.07, 6.45) is 1.77. The van der Waals surface area contributed by atoms with Gasteiger partial charge in [0, 0.05) is 5.56 Å². The van der Waals surface area contributed by atoms with E-state index < -0.39 is 22.7 Å². The molecular weight excluding hydrogens is 549 g/mol. The van der Waals surface area contributed by atoms with Gasteiger partial charge in [0.25, 0.3) is 10.1 Å². The van der Waals surface area contributed by atoms with E-state index in [1.54, 1.807) is 42.7 Å². The third kappa shape index (κ3) is 11.8. The largest absolute Gasteiger partial charge is 1.00 e. The van der Waals surface area contributed by atoms with Crippen LogP contribution in [0.15, 0.2) is 71.3 Å². The number of furan rings is 1. The second kappa shape index (κ2) is 16.5.